The van der Waals surface area contributed by atoms with Gasteiger partial charge in [0.15, 0.2) is 0 Å². The summed E-state index contributed by atoms with van der Waals surface area (Å²) in [4.78, 5) is 12.2. The first-order valence-corrected chi connectivity index (χ1v) is 7.95. The molecule has 1 N–H and O–H groups in total. The Labute approximate surface area is 145 Å². The van der Waals surface area contributed by atoms with Crippen LogP contribution >= 0.6 is 11.6 Å². The number of hydrogen-bond donors (Lipinski definition) is 1. The van der Waals surface area contributed by atoms with Gasteiger partial charge in [0.1, 0.15) is 6.54 Å². The van der Waals surface area contributed by atoms with Crippen LogP contribution in [0.4, 0.5) is 5.69 Å². The number of rotatable bonds is 5. The molecule has 0 saturated heterocycles. The van der Waals surface area contributed by atoms with Crippen LogP contribution < -0.4 is 5.32 Å². The van der Waals surface area contributed by atoms with Crippen molar-refractivity contribution in [2.45, 2.75) is 26.9 Å². The maximum atomic E-state index is 12.2. The van der Waals surface area contributed by atoms with Crippen molar-refractivity contribution in [1.82, 2.24) is 19.6 Å². The Bertz CT molecular complexity index is 868. The Morgan fingerprint density at radius 3 is 2.79 bits per heavy atom. The normalized spacial score (nSPS) is 10.8. The van der Waals surface area contributed by atoms with Gasteiger partial charge in [-0.05, 0) is 37.6 Å². The van der Waals surface area contributed by atoms with Gasteiger partial charge in [0.05, 0.1) is 23.5 Å². The molecule has 2 aromatic heterocycles. The predicted molar refractivity (Wildman–Crippen MR) is 93.1 cm³/mol. The van der Waals surface area contributed by atoms with E-state index in [-0.39, 0.29) is 12.5 Å². The van der Waals surface area contributed by atoms with Crippen molar-refractivity contribution in [3.05, 3.63) is 64.7 Å². The Morgan fingerprint density at radius 1 is 1.29 bits per heavy atom. The average Bonchev–Trinajstić information content (AvgIpc) is 3.05. The van der Waals surface area contributed by atoms with Gasteiger partial charge >= 0.3 is 0 Å². The Balaban J connectivity index is 1.65. The molecule has 0 bridgehead atoms. The highest BCUT2D eigenvalue weighted by Crippen LogP contribution is 2.13. The zero-order chi connectivity index (χ0) is 17.1. The molecule has 6 nitrogen and oxygen atoms in total. The molecule has 0 saturated carbocycles. The molecule has 0 unspecified atom stereocenters. The van der Waals surface area contributed by atoms with E-state index in [4.69, 9.17) is 11.6 Å². The standard InChI is InChI=1S/C17H18ClN5O/c1-12-6-13(2)23(21-12)11-17(24)20-16-5-3-4-14(7-16)9-22-10-15(18)8-19-22/h3-8,10H,9,11H2,1-2H3,(H,20,24). The van der Waals surface area contributed by atoms with Gasteiger partial charge in [-0.1, -0.05) is 23.7 Å². The first-order valence-electron chi connectivity index (χ1n) is 7.57. The van der Waals surface area contributed by atoms with Crippen LogP contribution in [0.5, 0.6) is 0 Å². The van der Waals surface area contributed by atoms with Crippen LogP contribution in [0, 0.1) is 13.8 Å². The molecule has 0 spiro atoms. The number of benzene rings is 1. The van der Waals surface area contributed by atoms with Gasteiger partial charge in [0, 0.05) is 17.6 Å². The Hall–Kier alpha value is -2.60. The Morgan fingerprint density at radius 2 is 2.12 bits per heavy atom. The fraction of sp³-hybridized carbons (Fsp3) is 0.235. The third-order valence-electron chi connectivity index (χ3n) is 3.55. The van der Waals surface area contributed by atoms with Crippen molar-refractivity contribution in [3.8, 4) is 0 Å². The highest BCUT2D eigenvalue weighted by Gasteiger charge is 2.08. The molecule has 0 radical (unpaired) electrons. The summed E-state index contributed by atoms with van der Waals surface area (Å²) in [6.45, 7) is 4.63. The quantitative estimate of drug-likeness (QED) is 0.774. The molecule has 3 aromatic rings. The number of halogens is 1. The van der Waals surface area contributed by atoms with Gasteiger partial charge in [-0.25, -0.2) is 0 Å². The van der Waals surface area contributed by atoms with Crippen LogP contribution in [-0.4, -0.2) is 25.5 Å². The van der Waals surface area contributed by atoms with Crippen molar-refractivity contribution >= 4 is 23.2 Å². The zero-order valence-corrected chi connectivity index (χ0v) is 14.3. The number of carbonyl (C=O) groups is 1. The highest BCUT2D eigenvalue weighted by molar-refractivity contribution is 6.30. The van der Waals surface area contributed by atoms with E-state index in [0.29, 0.717) is 11.6 Å². The summed E-state index contributed by atoms with van der Waals surface area (Å²) >= 11 is 5.87. The number of nitrogens with one attached hydrogen (secondary N) is 1. The monoisotopic (exact) mass is 343 g/mol. The Kier molecular flexibility index (Phi) is 4.66. The summed E-state index contributed by atoms with van der Waals surface area (Å²) in [5.41, 5.74) is 3.64. The van der Waals surface area contributed by atoms with Crippen molar-refractivity contribution in [2.24, 2.45) is 0 Å². The molecule has 0 aliphatic rings. The number of aromatic nitrogens is 4. The topological polar surface area (TPSA) is 64.7 Å². The summed E-state index contributed by atoms with van der Waals surface area (Å²) in [6, 6.07) is 9.61. The molecule has 0 atom stereocenters. The molecular formula is C17H18ClN5O. The molecule has 0 aliphatic carbocycles. The largest absolute Gasteiger partial charge is 0.324 e. The lowest BCUT2D eigenvalue weighted by Gasteiger charge is -2.09. The third-order valence-corrected chi connectivity index (χ3v) is 3.75. The van der Waals surface area contributed by atoms with Gasteiger partial charge in [0.2, 0.25) is 5.91 Å². The third kappa shape index (κ3) is 4.02. The van der Waals surface area contributed by atoms with E-state index in [1.807, 2.05) is 44.2 Å². The van der Waals surface area contributed by atoms with Gasteiger partial charge in [-0.3, -0.25) is 14.2 Å². The van der Waals surface area contributed by atoms with Crippen LogP contribution in [-0.2, 0) is 17.9 Å². The van der Waals surface area contributed by atoms with Crippen molar-refractivity contribution in [3.63, 3.8) is 0 Å². The van der Waals surface area contributed by atoms with E-state index in [2.05, 4.69) is 15.5 Å². The van der Waals surface area contributed by atoms with Crippen LogP contribution in [0.25, 0.3) is 0 Å². The minimum absolute atomic E-state index is 0.111. The zero-order valence-electron chi connectivity index (χ0n) is 13.5. The second kappa shape index (κ2) is 6.88. The summed E-state index contributed by atoms with van der Waals surface area (Å²) in [5, 5.41) is 12.0. The lowest BCUT2D eigenvalue weighted by molar-refractivity contribution is -0.116. The lowest BCUT2D eigenvalue weighted by Crippen LogP contribution is -2.20. The molecule has 1 aromatic carbocycles. The van der Waals surface area contributed by atoms with Crippen LogP contribution in [0.2, 0.25) is 5.02 Å². The fourth-order valence-corrected chi connectivity index (χ4v) is 2.69. The molecular weight excluding hydrogens is 326 g/mol. The average molecular weight is 344 g/mol. The molecule has 1 amide bonds. The molecule has 2 heterocycles. The minimum atomic E-state index is -0.111. The van der Waals surface area contributed by atoms with Crippen molar-refractivity contribution in [2.75, 3.05) is 5.32 Å². The minimum Gasteiger partial charge on any atom is -0.324 e. The van der Waals surface area contributed by atoms with E-state index in [0.717, 1.165) is 22.6 Å². The number of amides is 1. The van der Waals surface area contributed by atoms with Crippen LogP contribution in [0.15, 0.2) is 42.7 Å². The fourth-order valence-electron chi connectivity index (χ4n) is 2.53. The number of aryl methyl sites for hydroxylation is 2. The van der Waals surface area contributed by atoms with E-state index in [9.17, 15) is 4.79 Å². The van der Waals surface area contributed by atoms with Gasteiger partial charge in [0.25, 0.3) is 0 Å². The summed E-state index contributed by atoms with van der Waals surface area (Å²) in [6.07, 6.45) is 3.36. The molecule has 0 aliphatic heterocycles. The van der Waals surface area contributed by atoms with Gasteiger partial charge < -0.3 is 5.32 Å². The molecule has 0 fully saturated rings. The van der Waals surface area contributed by atoms with E-state index < -0.39 is 0 Å². The lowest BCUT2D eigenvalue weighted by atomic mass is 10.2. The predicted octanol–water partition coefficient (Wildman–Crippen LogP) is 3.04. The molecule has 24 heavy (non-hydrogen) atoms. The van der Waals surface area contributed by atoms with Crippen molar-refractivity contribution < 1.29 is 4.79 Å². The first kappa shape index (κ1) is 16.3. The molecule has 3 rings (SSSR count). The maximum Gasteiger partial charge on any atom is 0.246 e. The summed E-state index contributed by atoms with van der Waals surface area (Å²) in [5.74, 6) is -0.111. The molecule has 7 heteroatoms. The van der Waals surface area contributed by atoms with Crippen LogP contribution in [0.1, 0.15) is 17.0 Å². The smallest absolute Gasteiger partial charge is 0.246 e. The second-order valence-corrected chi connectivity index (χ2v) is 6.13. The van der Waals surface area contributed by atoms with Gasteiger partial charge in [-0.15, -0.1) is 0 Å². The van der Waals surface area contributed by atoms with E-state index in [1.54, 1.807) is 21.8 Å². The van der Waals surface area contributed by atoms with Crippen molar-refractivity contribution in [1.29, 1.82) is 0 Å². The SMILES string of the molecule is Cc1cc(C)n(CC(=O)Nc2cccc(Cn3cc(Cl)cn3)c2)n1. The second-order valence-electron chi connectivity index (χ2n) is 5.69. The maximum absolute atomic E-state index is 12.2. The summed E-state index contributed by atoms with van der Waals surface area (Å²) < 4.78 is 3.44. The highest BCUT2D eigenvalue weighted by atomic mass is 35.5. The number of anilines is 1. The molecule has 124 valence electrons. The van der Waals surface area contributed by atoms with E-state index >= 15 is 0 Å². The van der Waals surface area contributed by atoms with Gasteiger partial charge in [-0.2, -0.15) is 10.2 Å². The number of hydrogen-bond acceptors (Lipinski definition) is 3. The first-order chi connectivity index (χ1) is 11.5. The van der Waals surface area contributed by atoms with E-state index in [1.165, 1.54) is 0 Å². The number of nitrogens with zero attached hydrogens (tertiary/aromatic N) is 4. The summed E-state index contributed by atoms with van der Waals surface area (Å²) in [7, 11) is 0. The number of carbonyl (C=O) groups excluding carboxylic acids is 1. The van der Waals surface area contributed by atoms with Crippen LogP contribution in [0.3, 0.4) is 0 Å².